The SMILES string of the molecule is CCOc1cccc(C(=O)NC[C@H](c2ccc(OC)cc2)N2CCCCC2)c1. The van der Waals surface area contributed by atoms with Gasteiger partial charge in [-0.2, -0.15) is 0 Å². The molecule has 1 fully saturated rings. The molecule has 2 aromatic rings. The standard InChI is InChI=1S/C23H30N2O3/c1-3-28-21-9-7-8-19(16-21)23(26)24-17-22(25-14-5-4-6-15-25)18-10-12-20(27-2)13-11-18/h7-13,16,22H,3-6,14-15,17H2,1-2H3,(H,24,26)/t22-/m1/s1. The lowest BCUT2D eigenvalue weighted by molar-refractivity contribution is 0.0924. The number of methoxy groups -OCH3 is 1. The molecule has 1 saturated heterocycles. The first kappa shape index (κ1) is 20.2. The lowest BCUT2D eigenvalue weighted by Gasteiger charge is -2.35. The Morgan fingerprint density at radius 2 is 1.82 bits per heavy atom. The molecule has 5 heteroatoms. The number of carbonyl (C=O) groups excluding carboxylic acids is 1. The van der Waals surface area contributed by atoms with Crippen molar-refractivity contribution in [3.63, 3.8) is 0 Å². The van der Waals surface area contributed by atoms with Gasteiger partial charge in [-0.25, -0.2) is 0 Å². The van der Waals surface area contributed by atoms with Crippen molar-refractivity contribution in [2.45, 2.75) is 32.2 Å². The second-order valence-corrected chi connectivity index (χ2v) is 7.06. The Bertz CT molecular complexity index is 755. The number of rotatable bonds is 8. The average molecular weight is 383 g/mol. The molecular weight excluding hydrogens is 352 g/mol. The summed E-state index contributed by atoms with van der Waals surface area (Å²) in [5, 5.41) is 3.13. The van der Waals surface area contributed by atoms with Gasteiger partial charge in [0.15, 0.2) is 0 Å². The van der Waals surface area contributed by atoms with Crippen LogP contribution in [0.3, 0.4) is 0 Å². The highest BCUT2D eigenvalue weighted by Gasteiger charge is 2.23. The number of hydrogen-bond acceptors (Lipinski definition) is 4. The average Bonchev–Trinajstić information content (AvgIpc) is 2.75. The van der Waals surface area contributed by atoms with Gasteiger partial charge in [-0.15, -0.1) is 0 Å². The van der Waals surface area contributed by atoms with E-state index in [0.717, 1.165) is 24.6 Å². The van der Waals surface area contributed by atoms with Gasteiger partial charge < -0.3 is 14.8 Å². The zero-order valence-corrected chi connectivity index (χ0v) is 16.8. The summed E-state index contributed by atoms with van der Waals surface area (Å²) in [4.78, 5) is 15.2. The minimum atomic E-state index is -0.0722. The van der Waals surface area contributed by atoms with E-state index in [0.29, 0.717) is 18.7 Å². The molecule has 0 bridgehead atoms. The van der Waals surface area contributed by atoms with E-state index in [2.05, 4.69) is 22.3 Å². The molecule has 1 atom stereocenters. The van der Waals surface area contributed by atoms with Gasteiger partial charge in [0.1, 0.15) is 11.5 Å². The number of carbonyl (C=O) groups is 1. The molecule has 1 aliphatic rings. The van der Waals surface area contributed by atoms with E-state index < -0.39 is 0 Å². The highest BCUT2D eigenvalue weighted by molar-refractivity contribution is 5.94. The third-order valence-corrected chi connectivity index (χ3v) is 5.20. The zero-order valence-electron chi connectivity index (χ0n) is 16.8. The summed E-state index contributed by atoms with van der Waals surface area (Å²) in [5.41, 5.74) is 1.82. The summed E-state index contributed by atoms with van der Waals surface area (Å²) >= 11 is 0. The summed E-state index contributed by atoms with van der Waals surface area (Å²) in [5.74, 6) is 1.49. The van der Waals surface area contributed by atoms with E-state index in [-0.39, 0.29) is 11.9 Å². The Morgan fingerprint density at radius 3 is 2.50 bits per heavy atom. The molecule has 28 heavy (non-hydrogen) atoms. The van der Waals surface area contributed by atoms with Gasteiger partial charge in [0, 0.05) is 12.1 Å². The van der Waals surface area contributed by atoms with Crippen LogP contribution in [-0.2, 0) is 0 Å². The molecule has 3 rings (SSSR count). The molecule has 0 aliphatic carbocycles. The number of hydrogen-bond donors (Lipinski definition) is 1. The van der Waals surface area contributed by atoms with Crippen molar-refractivity contribution in [2.24, 2.45) is 0 Å². The topological polar surface area (TPSA) is 50.8 Å². The molecular formula is C23H30N2O3. The molecule has 0 unspecified atom stereocenters. The van der Waals surface area contributed by atoms with Crippen LogP contribution in [0.25, 0.3) is 0 Å². The second-order valence-electron chi connectivity index (χ2n) is 7.06. The van der Waals surface area contributed by atoms with E-state index in [4.69, 9.17) is 9.47 Å². The number of nitrogens with one attached hydrogen (secondary N) is 1. The Balaban J connectivity index is 1.71. The van der Waals surface area contributed by atoms with E-state index in [9.17, 15) is 4.79 Å². The molecule has 0 saturated carbocycles. The molecule has 0 radical (unpaired) electrons. The molecule has 2 aromatic carbocycles. The summed E-state index contributed by atoms with van der Waals surface area (Å²) in [6.45, 7) is 5.22. The highest BCUT2D eigenvalue weighted by atomic mass is 16.5. The summed E-state index contributed by atoms with van der Waals surface area (Å²) in [6, 6.07) is 15.7. The number of likely N-dealkylation sites (tertiary alicyclic amines) is 1. The van der Waals surface area contributed by atoms with Crippen molar-refractivity contribution in [1.29, 1.82) is 0 Å². The van der Waals surface area contributed by atoms with Crippen LogP contribution in [-0.4, -0.2) is 44.2 Å². The summed E-state index contributed by atoms with van der Waals surface area (Å²) in [6.07, 6.45) is 3.69. The number of amides is 1. The molecule has 1 heterocycles. The largest absolute Gasteiger partial charge is 0.497 e. The highest BCUT2D eigenvalue weighted by Crippen LogP contribution is 2.26. The van der Waals surface area contributed by atoms with Crippen molar-refractivity contribution in [1.82, 2.24) is 10.2 Å². The second kappa shape index (κ2) is 10.1. The molecule has 0 aromatic heterocycles. The first-order valence-corrected chi connectivity index (χ1v) is 10.1. The van der Waals surface area contributed by atoms with Gasteiger partial charge in [-0.3, -0.25) is 9.69 Å². The molecule has 1 aliphatic heterocycles. The Labute approximate surface area is 167 Å². The van der Waals surface area contributed by atoms with Crippen LogP contribution < -0.4 is 14.8 Å². The molecule has 150 valence electrons. The first-order chi connectivity index (χ1) is 13.7. The maximum atomic E-state index is 12.7. The first-order valence-electron chi connectivity index (χ1n) is 10.1. The quantitative estimate of drug-likeness (QED) is 0.748. The summed E-state index contributed by atoms with van der Waals surface area (Å²) < 4.78 is 10.8. The predicted octanol–water partition coefficient (Wildman–Crippen LogP) is 4.05. The van der Waals surface area contributed by atoms with Crippen molar-refractivity contribution in [3.8, 4) is 11.5 Å². The van der Waals surface area contributed by atoms with E-state index in [1.165, 1.54) is 24.8 Å². The summed E-state index contributed by atoms with van der Waals surface area (Å²) in [7, 11) is 1.67. The van der Waals surface area contributed by atoms with E-state index >= 15 is 0 Å². The van der Waals surface area contributed by atoms with Crippen molar-refractivity contribution >= 4 is 5.91 Å². The minimum Gasteiger partial charge on any atom is -0.497 e. The van der Waals surface area contributed by atoms with Gasteiger partial charge in [0.2, 0.25) is 0 Å². The molecule has 0 spiro atoms. The molecule has 5 nitrogen and oxygen atoms in total. The Hall–Kier alpha value is -2.53. The van der Waals surface area contributed by atoms with Gasteiger partial charge in [0.25, 0.3) is 5.91 Å². The van der Waals surface area contributed by atoms with E-state index in [1.54, 1.807) is 13.2 Å². The Kier molecular flexibility index (Phi) is 7.31. The van der Waals surface area contributed by atoms with Gasteiger partial charge in [0.05, 0.1) is 19.8 Å². The zero-order chi connectivity index (χ0) is 19.8. The van der Waals surface area contributed by atoms with Crippen LogP contribution in [0, 0.1) is 0 Å². The van der Waals surface area contributed by atoms with Gasteiger partial charge >= 0.3 is 0 Å². The normalized spacial score (nSPS) is 15.6. The van der Waals surface area contributed by atoms with E-state index in [1.807, 2.05) is 37.3 Å². The van der Waals surface area contributed by atoms with Crippen LogP contribution in [0.4, 0.5) is 0 Å². The maximum Gasteiger partial charge on any atom is 0.251 e. The fraction of sp³-hybridized carbons (Fsp3) is 0.435. The number of benzene rings is 2. The third kappa shape index (κ3) is 5.26. The minimum absolute atomic E-state index is 0.0722. The molecule has 1 N–H and O–H groups in total. The van der Waals surface area contributed by atoms with Crippen molar-refractivity contribution in [3.05, 3.63) is 59.7 Å². The number of piperidine rings is 1. The molecule has 1 amide bonds. The number of ether oxygens (including phenoxy) is 2. The van der Waals surface area contributed by atoms with Crippen LogP contribution in [0.15, 0.2) is 48.5 Å². The van der Waals surface area contributed by atoms with Crippen LogP contribution in [0.1, 0.15) is 48.1 Å². The lowest BCUT2D eigenvalue weighted by Crippen LogP contribution is -2.40. The number of nitrogens with zero attached hydrogens (tertiary/aromatic N) is 1. The van der Waals surface area contributed by atoms with Crippen molar-refractivity contribution in [2.75, 3.05) is 33.4 Å². The van der Waals surface area contributed by atoms with Crippen molar-refractivity contribution < 1.29 is 14.3 Å². The fourth-order valence-corrected chi connectivity index (χ4v) is 3.70. The van der Waals surface area contributed by atoms with Gasteiger partial charge in [-0.05, 0) is 68.8 Å². The van der Waals surface area contributed by atoms with Crippen LogP contribution >= 0.6 is 0 Å². The van der Waals surface area contributed by atoms with Crippen LogP contribution in [0.5, 0.6) is 11.5 Å². The Morgan fingerprint density at radius 1 is 1.07 bits per heavy atom. The predicted molar refractivity (Wildman–Crippen MR) is 111 cm³/mol. The van der Waals surface area contributed by atoms with Gasteiger partial charge in [-0.1, -0.05) is 24.6 Å². The fourth-order valence-electron chi connectivity index (χ4n) is 3.70. The monoisotopic (exact) mass is 382 g/mol. The maximum absolute atomic E-state index is 12.7. The lowest BCUT2D eigenvalue weighted by atomic mass is 10.0. The third-order valence-electron chi connectivity index (χ3n) is 5.20. The smallest absolute Gasteiger partial charge is 0.251 e. The van der Waals surface area contributed by atoms with Crippen LogP contribution in [0.2, 0.25) is 0 Å².